The number of nitrogens with one attached hydrogen (secondary N) is 1. The van der Waals surface area contributed by atoms with Crippen LogP contribution in [0.3, 0.4) is 0 Å². The summed E-state index contributed by atoms with van der Waals surface area (Å²) in [6.07, 6.45) is 0. The van der Waals surface area contributed by atoms with E-state index in [1.165, 1.54) is 11.6 Å². The number of hydrogen-bond acceptors (Lipinski definition) is 2. The molecule has 0 bridgehead atoms. The van der Waals surface area contributed by atoms with E-state index in [4.69, 9.17) is 0 Å². The molecule has 0 fully saturated rings. The zero-order valence-corrected chi connectivity index (χ0v) is 11.3. The quantitative estimate of drug-likeness (QED) is 0.882. The maximum atomic E-state index is 13.2. The van der Waals surface area contributed by atoms with E-state index in [0.717, 1.165) is 9.79 Å². The van der Waals surface area contributed by atoms with Crippen molar-refractivity contribution in [3.63, 3.8) is 0 Å². The van der Waals surface area contributed by atoms with E-state index in [2.05, 4.69) is 24.4 Å². The molecule has 0 aliphatic carbocycles. The summed E-state index contributed by atoms with van der Waals surface area (Å²) in [5, 5.41) is 3.23. The smallest absolute Gasteiger partial charge is 0.124 e. The first-order valence-corrected chi connectivity index (χ1v) is 6.72. The van der Waals surface area contributed by atoms with Gasteiger partial charge in [-0.1, -0.05) is 36.0 Å². The summed E-state index contributed by atoms with van der Waals surface area (Å²) in [5.74, 6) is -0.195. The second-order valence-electron chi connectivity index (χ2n) is 4.11. The van der Waals surface area contributed by atoms with Crippen molar-refractivity contribution in [1.82, 2.24) is 5.32 Å². The van der Waals surface area contributed by atoms with Crippen LogP contribution < -0.4 is 5.32 Å². The van der Waals surface area contributed by atoms with Gasteiger partial charge in [-0.15, -0.1) is 0 Å². The Morgan fingerprint density at radius 1 is 1.11 bits per heavy atom. The Labute approximate surface area is 111 Å². The molecule has 0 amide bonds. The topological polar surface area (TPSA) is 12.0 Å². The van der Waals surface area contributed by atoms with Gasteiger partial charge in [0.1, 0.15) is 5.82 Å². The maximum absolute atomic E-state index is 13.2. The molecule has 0 aliphatic rings. The van der Waals surface area contributed by atoms with E-state index in [0.29, 0.717) is 0 Å². The molecule has 3 heteroatoms. The monoisotopic (exact) mass is 261 g/mol. The highest BCUT2D eigenvalue weighted by atomic mass is 32.2. The first kappa shape index (κ1) is 13.1. The average molecular weight is 261 g/mol. The fourth-order valence-corrected chi connectivity index (χ4v) is 2.83. The Balaban J connectivity index is 2.29. The fourth-order valence-electron chi connectivity index (χ4n) is 1.74. The lowest BCUT2D eigenvalue weighted by molar-refractivity contribution is 0.624. The number of halogens is 1. The highest BCUT2D eigenvalue weighted by Crippen LogP contribution is 2.33. The van der Waals surface area contributed by atoms with Crippen molar-refractivity contribution < 1.29 is 4.39 Å². The van der Waals surface area contributed by atoms with Crippen LogP contribution in [0.15, 0.2) is 58.3 Å². The molecule has 1 atom stereocenters. The molecule has 0 aliphatic heterocycles. The van der Waals surface area contributed by atoms with Crippen LogP contribution in [0.25, 0.3) is 0 Å². The molecule has 2 aromatic rings. The number of hydrogen-bond donors (Lipinski definition) is 1. The lowest BCUT2D eigenvalue weighted by atomic mass is 10.1. The summed E-state index contributed by atoms with van der Waals surface area (Å²) in [4.78, 5) is 2.08. The van der Waals surface area contributed by atoms with Crippen molar-refractivity contribution in [3.8, 4) is 0 Å². The van der Waals surface area contributed by atoms with Crippen LogP contribution in [0.2, 0.25) is 0 Å². The highest BCUT2D eigenvalue weighted by Gasteiger charge is 2.09. The SMILES string of the molecule is CNC(C)c1ccccc1Sc1cccc(F)c1. The Morgan fingerprint density at radius 2 is 1.89 bits per heavy atom. The molecule has 0 heterocycles. The third kappa shape index (κ3) is 3.12. The molecule has 1 N–H and O–H groups in total. The van der Waals surface area contributed by atoms with Crippen LogP contribution >= 0.6 is 11.8 Å². The maximum Gasteiger partial charge on any atom is 0.124 e. The summed E-state index contributed by atoms with van der Waals surface area (Å²) < 4.78 is 13.2. The summed E-state index contributed by atoms with van der Waals surface area (Å²) in [7, 11) is 1.94. The van der Waals surface area contributed by atoms with Gasteiger partial charge in [-0.25, -0.2) is 4.39 Å². The van der Waals surface area contributed by atoms with Gasteiger partial charge >= 0.3 is 0 Å². The predicted molar refractivity (Wildman–Crippen MR) is 74.4 cm³/mol. The molecule has 0 spiro atoms. The normalized spacial score (nSPS) is 12.4. The number of rotatable bonds is 4. The van der Waals surface area contributed by atoms with Crippen molar-refractivity contribution in [2.24, 2.45) is 0 Å². The van der Waals surface area contributed by atoms with Gasteiger partial charge in [-0.3, -0.25) is 0 Å². The van der Waals surface area contributed by atoms with Crippen molar-refractivity contribution in [2.75, 3.05) is 7.05 Å². The molecule has 18 heavy (non-hydrogen) atoms. The Hall–Kier alpha value is -1.32. The van der Waals surface area contributed by atoms with Gasteiger partial charge in [0.05, 0.1) is 0 Å². The zero-order valence-electron chi connectivity index (χ0n) is 10.5. The Kier molecular flexibility index (Phi) is 4.39. The lowest BCUT2D eigenvalue weighted by Crippen LogP contribution is -2.12. The average Bonchev–Trinajstić information content (AvgIpc) is 2.38. The molecular weight excluding hydrogens is 245 g/mol. The first-order chi connectivity index (χ1) is 8.70. The second kappa shape index (κ2) is 6.03. The largest absolute Gasteiger partial charge is 0.313 e. The molecule has 0 saturated carbocycles. The third-order valence-electron chi connectivity index (χ3n) is 2.84. The first-order valence-electron chi connectivity index (χ1n) is 5.90. The molecule has 0 radical (unpaired) electrons. The van der Waals surface area contributed by atoms with Crippen LogP contribution in [-0.4, -0.2) is 7.05 Å². The molecular formula is C15H16FNS. The molecule has 1 unspecified atom stereocenters. The predicted octanol–water partition coefficient (Wildman–Crippen LogP) is 4.26. The van der Waals surface area contributed by atoms with E-state index in [9.17, 15) is 4.39 Å². The van der Waals surface area contributed by atoms with E-state index in [1.807, 2.05) is 25.2 Å². The van der Waals surface area contributed by atoms with Gasteiger partial charge in [0.2, 0.25) is 0 Å². The van der Waals surface area contributed by atoms with E-state index < -0.39 is 0 Å². The molecule has 2 aromatic carbocycles. The van der Waals surface area contributed by atoms with E-state index in [-0.39, 0.29) is 11.9 Å². The standard InChI is InChI=1S/C15H16FNS/c1-11(17-2)14-8-3-4-9-15(14)18-13-7-5-6-12(16)10-13/h3-11,17H,1-2H3. The minimum absolute atomic E-state index is 0.195. The molecule has 2 rings (SSSR count). The van der Waals surface area contributed by atoms with E-state index in [1.54, 1.807) is 23.9 Å². The zero-order chi connectivity index (χ0) is 13.0. The van der Waals surface area contributed by atoms with Gasteiger partial charge in [-0.2, -0.15) is 0 Å². The molecule has 1 nitrogen and oxygen atoms in total. The lowest BCUT2D eigenvalue weighted by Gasteiger charge is -2.15. The number of benzene rings is 2. The van der Waals surface area contributed by atoms with Crippen LogP contribution in [0.1, 0.15) is 18.5 Å². The van der Waals surface area contributed by atoms with Crippen LogP contribution in [0.4, 0.5) is 4.39 Å². The van der Waals surface area contributed by atoms with Crippen molar-refractivity contribution >= 4 is 11.8 Å². The second-order valence-corrected chi connectivity index (χ2v) is 5.22. The van der Waals surface area contributed by atoms with Gasteiger partial charge in [-0.05, 0) is 43.8 Å². The van der Waals surface area contributed by atoms with Crippen molar-refractivity contribution in [1.29, 1.82) is 0 Å². The van der Waals surface area contributed by atoms with Crippen LogP contribution in [0.5, 0.6) is 0 Å². The van der Waals surface area contributed by atoms with Gasteiger partial charge < -0.3 is 5.32 Å². The molecule has 0 saturated heterocycles. The van der Waals surface area contributed by atoms with Gasteiger partial charge in [0, 0.05) is 15.8 Å². The van der Waals surface area contributed by atoms with Crippen molar-refractivity contribution in [3.05, 3.63) is 59.9 Å². The van der Waals surface area contributed by atoms with Gasteiger partial charge in [0.15, 0.2) is 0 Å². The minimum atomic E-state index is -0.195. The third-order valence-corrected chi connectivity index (χ3v) is 3.92. The summed E-state index contributed by atoms with van der Waals surface area (Å²) >= 11 is 1.59. The minimum Gasteiger partial charge on any atom is -0.313 e. The van der Waals surface area contributed by atoms with E-state index >= 15 is 0 Å². The fraction of sp³-hybridized carbons (Fsp3) is 0.200. The Morgan fingerprint density at radius 3 is 2.61 bits per heavy atom. The Bertz CT molecular complexity index is 527. The summed E-state index contributed by atoms with van der Waals surface area (Å²) in [5.41, 5.74) is 1.23. The molecule has 0 aromatic heterocycles. The summed E-state index contributed by atoms with van der Waals surface area (Å²) in [6, 6.07) is 15.2. The molecule has 94 valence electrons. The van der Waals surface area contributed by atoms with Crippen LogP contribution in [0, 0.1) is 5.82 Å². The van der Waals surface area contributed by atoms with Crippen molar-refractivity contribution in [2.45, 2.75) is 22.8 Å². The highest BCUT2D eigenvalue weighted by molar-refractivity contribution is 7.99. The van der Waals surface area contributed by atoms with Gasteiger partial charge in [0.25, 0.3) is 0 Å². The summed E-state index contributed by atoms with van der Waals surface area (Å²) in [6.45, 7) is 2.12. The van der Waals surface area contributed by atoms with Crippen LogP contribution in [-0.2, 0) is 0 Å².